The van der Waals surface area contributed by atoms with E-state index in [1.807, 2.05) is 84.9 Å². The number of hydrogen-bond acceptors (Lipinski definition) is 6. The monoisotopic (exact) mass is 555 g/mol. The summed E-state index contributed by atoms with van der Waals surface area (Å²) in [5.41, 5.74) is 4.47. The summed E-state index contributed by atoms with van der Waals surface area (Å²) in [5.74, 6) is 1.49. The van der Waals surface area contributed by atoms with E-state index in [9.17, 15) is 9.90 Å². The predicted molar refractivity (Wildman–Crippen MR) is 156 cm³/mol. The zero-order chi connectivity index (χ0) is 27.7. The van der Waals surface area contributed by atoms with Crippen LogP contribution in [-0.4, -0.2) is 30.0 Å². The van der Waals surface area contributed by atoms with Crippen LogP contribution in [0.2, 0.25) is 0 Å². The summed E-state index contributed by atoms with van der Waals surface area (Å²) in [5, 5.41) is 12.4. The molecule has 1 saturated heterocycles. The van der Waals surface area contributed by atoms with E-state index < -0.39 is 6.29 Å². The number of para-hydroxylation sites is 1. The molecule has 2 N–H and O–H groups in total. The molecule has 0 aliphatic carbocycles. The van der Waals surface area contributed by atoms with Gasteiger partial charge < -0.3 is 24.6 Å². The van der Waals surface area contributed by atoms with Crippen LogP contribution in [0.3, 0.4) is 0 Å². The summed E-state index contributed by atoms with van der Waals surface area (Å²) in [6.45, 7) is 0.437. The van der Waals surface area contributed by atoms with Crippen molar-refractivity contribution >= 4 is 17.7 Å². The van der Waals surface area contributed by atoms with Crippen LogP contribution in [0.5, 0.6) is 5.75 Å². The highest BCUT2D eigenvalue weighted by atomic mass is 32.2. The molecular weight excluding hydrogens is 522 g/mol. The van der Waals surface area contributed by atoms with Gasteiger partial charge >= 0.3 is 0 Å². The minimum atomic E-state index is -0.535. The van der Waals surface area contributed by atoms with E-state index in [1.54, 1.807) is 31.0 Å². The molecule has 1 heterocycles. The van der Waals surface area contributed by atoms with E-state index in [-0.39, 0.29) is 24.7 Å². The summed E-state index contributed by atoms with van der Waals surface area (Å²) in [6, 6.07) is 33.1. The first-order valence-electron chi connectivity index (χ1n) is 13.3. The van der Waals surface area contributed by atoms with Gasteiger partial charge in [-0.3, -0.25) is 4.79 Å². The molecule has 3 unspecified atom stereocenters. The van der Waals surface area contributed by atoms with Gasteiger partial charge in [0, 0.05) is 34.7 Å². The third-order valence-electron chi connectivity index (χ3n) is 6.85. The number of nitrogens with one attached hydrogen (secondary N) is 1. The zero-order valence-electron chi connectivity index (χ0n) is 22.4. The lowest BCUT2D eigenvalue weighted by atomic mass is 10.0. The number of rotatable bonds is 10. The van der Waals surface area contributed by atoms with E-state index in [2.05, 4.69) is 11.4 Å². The minimum Gasteiger partial charge on any atom is -0.496 e. The van der Waals surface area contributed by atoms with Gasteiger partial charge in [-0.1, -0.05) is 78.9 Å². The van der Waals surface area contributed by atoms with Crippen molar-refractivity contribution in [1.82, 2.24) is 5.32 Å². The molecule has 1 amide bonds. The van der Waals surface area contributed by atoms with Crippen molar-refractivity contribution in [2.45, 2.75) is 43.0 Å². The number of carbonyl (C=O) groups is 1. The van der Waals surface area contributed by atoms with E-state index >= 15 is 0 Å². The van der Waals surface area contributed by atoms with Crippen LogP contribution in [0.25, 0.3) is 0 Å². The number of aliphatic hydroxyl groups excluding tert-OH is 1. The van der Waals surface area contributed by atoms with Crippen LogP contribution in [0.15, 0.2) is 108 Å². The summed E-state index contributed by atoms with van der Waals surface area (Å²) in [4.78, 5) is 13.5. The summed E-state index contributed by atoms with van der Waals surface area (Å²) < 4.78 is 18.5. The van der Waals surface area contributed by atoms with Crippen LogP contribution in [0.4, 0.5) is 0 Å². The number of thioether (sulfide) groups is 1. The second-order valence-corrected chi connectivity index (χ2v) is 10.7. The highest BCUT2D eigenvalue weighted by Crippen LogP contribution is 2.40. The lowest BCUT2D eigenvalue weighted by molar-refractivity contribution is -0.245. The largest absolute Gasteiger partial charge is 0.496 e. The Morgan fingerprint density at radius 2 is 1.55 bits per heavy atom. The summed E-state index contributed by atoms with van der Waals surface area (Å²) in [7, 11) is 1.68. The molecular formula is C33H33NO5S. The van der Waals surface area contributed by atoms with Gasteiger partial charge in [-0.05, 0) is 41.0 Å². The second kappa shape index (κ2) is 13.6. The first-order chi connectivity index (χ1) is 19.6. The number of methoxy groups -OCH3 is 1. The highest BCUT2D eigenvalue weighted by molar-refractivity contribution is 7.99. The molecule has 7 heteroatoms. The Morgan fingerprint density at radius 1 is 0.875 bits per heavy atom. The molecule has 0 spiro atoms. The van der Waals surface area contributed by atoms with E-state index in [0.717, 1.165) is 38.7 Å². The molecule has 0 aromatic heterocycles. The molecule has 4 aromatic carbocycles. The smallest absolute Gasteiger partial charge is 0.251 e. The molecule has 5 rings (SSSR count). The van der Waals surface area contributed by atoms with Gasteiger partial charge in [-0.2, -0.15) is 0 Å². The first-order valence-corrected chi connectivity index (χ1v) is 14.3. The van der Waals surface area contributed by atoms with Crippen molar-refractivity contribution in [1.29, 1.82) is 0 Å². The standard InChI is InChI=1S/C33H33NO5S/c1-37-29-9-5-6-10-31(29)40-22-28-19-30(25-15-13-24(21-35)14-16-25)39-33(38-28)27-17-11-23(12-18-27)20-34-32(36)26-7-3-2-4-8-26/h2-18,28,30,33,35H,19-22H2,1H3,(H,34,36). The molecule has 6 nitrogen and oxygen atoms in total. The lowest BCUT2D eigenvalue weighted by Crippen LogP contribution is -2.31. The van der Waals surface area contributed by atoms with Gasteiger partial charge in [-0.25, -0.2) is 0 Å². The fourth-order valence-corrected chi connectivity index (χ4v) is 5.66. The van der Waals surface area contributed by atoms with Crippen molar-refractivity contribution < 1.29 is 24.1 Å². The maximum Gasteiger partial charge on any atom is 0.251 e. The number of aliphatic hydroxyl groups is 1. The Balaban J connectivity index is 1.28. The number of ether oxygens (including phenoxy) is 3. The van der Waals surface area contributed by atoms with Crippen LogP contribution in [-0.2, 0) is 22.6 Å². The van der Waals surface area contributed by atoms with E-state index in [1.165, 1.54) is 0 Å². The zero-order valence-corrected chi connectivity index (χ0v) is 23.2. The van der Waals surface area contributed by atoms with Gasteiger partial charge in [0.25, 0.3) is 5.91 Å². The van der Waals surface area contributed by atoms with Crippen molar-refractivity contribution in [2.75, 3.05) is 12.9 Å². The minimum absolute atomic E-state index is 0.00780. The molecule has 4 aromatic rings. The maximum atomic E-state index is 12.4. The Morgan fingerprint density at radius 3 is 2.27 bits per heavy atom. The quantitative estimate of drug-likeness (QED) is 0.219. The molecule has 0 bridgehead atoms. The van der Waals surface area contributed by atoms with Gasteiger partial charge in [0.1, 0.15) is 5.75 Å². The van der Waals surface area contributed by atoms with Gasteiger partial charge in [0.15, 0.2) is 6.29 Å². The summed E-state index contributed by atoms with van der Waals surface area (Å²) >= 11 is 1.71. The van der Waals surface area contributed by atoms with Crippen molar-refractivity contribution in [2.24, 2.45) is 0 Å². The third-order valence-corrected chi connectivity index (χ3v) is 8.04. The topological polar surface area (TPSA) is 77.0 Å². The fourth-order valence-electron chi connectivity index (χ4n) is 4.61. The lowest BCUT2D eigenvalue weighted by Gasteiger charge is -2.36. The SMILES string of the molecule is COc1ccccc1SCC1CC(c2ccc(CO)cc2)OC(c2ccc(CNC(=O)c3ccccc3)cc2)O1. The Bertz CT molecular complexity index is 1380. The molecule has 0 radical (unpaired) electrons. The van der Waals surface area contributed by atoms with Gasteiger partial charge in [0.05, 0.1) is 25.9 Å². The number of carbonyl (C=O) groups excluding carboxylic acids is 1. The Kier molecular flexibility index (Phi) is 9.52. The van der Waals surface area contributed by atoms with E-state index in [0.29, 0.717) is 18.5 Å². The second-order valence-electron chi connectivity index (χ2n) is 9.60. The molecule has 40 heavy (non-hydrogen) atoms. The normalized spacial score (nSPS) is 18.7. The summed E-state index contributed by atoms with van der Waals surface area (Å²) in [6.07, 6.45) is -0.0334. The molecule has 1 fully saturated rings. The molecule has 3 atom stereocenters. The van der Waals surface area contributed by atoms with Crippen LogP contribution in [0.1, 0.15) is 51.4 Å². The Labute approximate surface area is 239 Å². The molecule has 1 aliphatic rings. The average Bonchev–Trinajstić information content (AvgIpc) is 3.03. The van der Waals surface area contributed by atoms with Crippen LogP contribution < -0.4 is 10.1 Å². The van der Waals surface area contributed by atoms with Crippen LogP contribution >= 0.6 is 11.8 Å². The average molecular weight is 556 g/mol. The van der Waals surface area contributed by atoms with E-state index in [4.69, 9.17) is 14.2 Å². The third kappa shape index (κ3) is 7.11. The predicted octanol–water partition coefficient (Wildman–Crippen LogP) is 6.46. The van der Waals surface area contributed by atoms with Gasteiger partial charge in [-0.15, -0.1) is 11.8 Å². The molecule has 0 saturated carbocycles. The number of hydrogen-bond donors (Lipinski definition) is 2. The number of benzene rings is 4. The van der Waals surface area contributed by atoms with Crippen molar-refractivity contribution in [3.05, 3.63) is 131 Å². The molecule has 1 aliphatic heterocycles. The molecule has 206 valence electrons. The highest BCUT2D eigenvalue weighted by Gasteiger charge is 2.32. The number of amides is 1. The first kappa shape index (κ1) is 27.9. The van der Waals surface area contributed by atoms with Crippen molar-refractivity contribution in [3.8, 4) is 5.75 Å². The maximum absolute atomic E-state index is 12.4. The Hall–Kier alpha value is -3.62. The fraction of sp³-hybridized carbons (Fsp3) is 0.242. The van der Waals surface area contributed by atoms with Crippen LogP contribution in [0, 0.1) is 0 Å². The van der Waals surface area contributed by atoms with Crippen molar-refractivity contribution in [3.63, 3.8) is 0 Å². The van der Waals surface area contributed by atoms with Gasteiger partial charge in [0.2, 0.25) is 0 Å².